The van der Waals surface area contributed by atoms with Gasteiger partial charge >= 0.3 is 5.97 Å². The third kappa shape index (κ3) is 9.30. The number of ether oxygens (including phenoxy) is 1. The Labute approximate surface area is 166 Å². The molecule has 3 nitrogen and oxygen atoms in total. The van der Waals surface area contributed by atoms with Gasteiger partial charge in [-0.3, -0.25) is 4.79 Å². The van der Waals surface area contributed by atoms with Crippen LogP contribution in [-0.4, -0.2) is 17.7 Å². The molecule has 0 unspecified atom stereocenters. The Morgan fingerprint density at radius 1 is 1.04 bits per heavy atom. The predicted octanol–water partition coefficient (Wildman–Crippen LogP) is 6.47. The van der Waals surface area contributed by atoms with E-state index < -0.39 is 0 Å². The number of phenols is 1. The van der Waals surface area contributed by atoms with Gasteiger partial charge in [-0.1, -0.05) is 85.3 Å². The van der Waals surface area contributed by atoms with Gasteiger partial charge in [0.1, 0.15) is 5.75 Å². The average molecular weight is 377 g/mol. The highest BCUT2D eigenvalue weighted by Gasteiger charge is 2.21. The van der Waals surface area contributed by atoms with Gasteiger partial charge in [-0.2, -0.15) is 0 Å². The fourth-order valence-electron chi connectivity index (χ4n) is 3.29. The molecule has 27 heavy (non-hydrogen) atoms. The van der Waals surface area contributed by atoms with Gasteiger partial charge in [0.05, 0.1) is 13.0 Å². The number of hydrogen-bond donors (Lipinski definition) is 1. The van der Waals surface area contributed by atoms with Crippen LogP contribution >= 0.6 is 0 Å². The molecule has 0 saturated heterocycles. The second-order valence-corrected chi connectivity index (χ2v) is 9.26. The van der Waals surface area contributed by atoms with Gasteiger partial charge in [0.2, 0.25) is 0 Å². The molecular formula is C24H40O3. The normalized spacial score (nSPS) is 11.8. The van der Waals surface area contributed by atoms with Crippen molar-refractivity contribution >= 4 is 5.97 Å². The quantitative estimate of drug-likeness (QED) is 0.355. The maximum Gasteiger partial charge on any atom is 0.310 e. The van der Waals surface area contributed by atoms with Gasteiger partial charge in [-0.15, -0.1) is 0 Å². The number of aryl methyl sites for hydroxylation is 1. The minimum Gasteiger partial charge on any atom is -0.507 e. The largest absolute Gasteiger partial charge is 0.507 e. The van der Waals surface area contributed by atoms with Gasteiger partial charge in [-0.25, -0.2) is 0 Å². The first kappa shape index (κ1) is 23.5. The van der Waals surface area contributed by atoms with E-state index in [0.29, 0.717) is 12.4 Å². The van der Waals surface area contributed by atoms with E-state index in [-0.39, 0.29) is 17.8 Å². The molecule has 1 aromatic rings. The van der Waals surface area contributed by atoms with Crippen molar-refractivity contribution in [1.82, 2.24) is 0 Å². The summed E-state index contributed by atoms with van der Waals surface area (Å²) in [6.45, 7) is 13.1. The minimum atomic E-state index is -0.183. The van der Waals surface area contributed by atoms with Crippen molar-refractivity contribution in [2.45, 2.75) is 98.3 Å². The third-order valence-corrected chi connectivity index (χ3v) is 4.96. The molecule has 0 aliphatic heterocycles. The fraction of sp³-hybridized carbons (Fsp3) is 0.708. The number of phenolic OH excluding ortho intramolecular Hbond substituents is 1. The lowest BCUT2D eigenvalue weighted by atomic mass is 9.84. The van der Waals surface area contributed by atoms with Crippen molar-refractivity contribution in [3.63, 3.8) is 0 Å². The van der Waals surface area contributed by atoms with Crippen LogP contribution in [0.3, 0.4) is 0 Å². The maximum absolute atomic E-state index is 12.1. The summed E-state index contributed by atoms with van der Waals surface area (Å²) in [7, 11) is 0. The Morgan fingerprint density at radius 3 is 2.22 bits per heavy atom. The Balaban J connectivity index is 2.30. The molecule has 0 heterocycles. The van der Waals surface area contributed by atoms with Crippen molar-refractivity contribution in [3.8, 4) is 5.75 Å². The minimum absolute atomic E-state index is 0.163. The first-order chi connectivity index (χ1) is 12.6. The second kappa shape index (κ2) is 11.4. The predicted molar refractivity (Wildman–Crippen MR) is 113 cm³/mol. The standard InChI is InChI=1S/C24H40O3/c1-18(2)13-11-9-7-8-10-12-14-27-22(25)17-20-15-19(3)23(26)21(16-20)24(4,5)6/h15-16,18,26H,7-14,17H2,1-6H3. The van der Waals surface area contributed by atoms with Gasteiger partial charge in [-0.05, 0) is 41.4 Å². The summed E-state index contributed by atoms with van der Waals surface area (Å²) in [6.07, 6.45) is 8.80. The molecule has 1 aromatic carbocycles. The summed E-state index contributed by atoms with van der Waals surface area (Å²) in [5, 5.41) is 10.3. The number of carbonyl (C=O) groups is 1. The molecule has 0 radical (unpaired) electrons. The molecule has 0 amide bonds. The zero-order valence-corrected chi connectivity index (χ0v) is 18.4. The lowest BCUT2D eigenvalue weighted by Gasteiger charge is -2.22. The Kier molecular flexibility index (Phi) is 9.90. The van der Waals surface area contributed by atoms with E-state index >= 15 is 0 Å². The van der Waals surface area contributed by atoms with Crippen LogP contribution in [0.5, 0.6) is 5.75 Å². The first-order valence-corrected chi connectivity index (χ1v) is 10.6. The van der Waals surface area contributed by atoms with E-state index in [9.17, 15) is 9.90 Å². The summed E-state index contributed by atoms with van der Waals surface area (Å²) in [5.41, 5.74) is 2.43. The number of aromatic hydroxyl groups is 1. The molecule has 0 spiro atoms. The summed E-state index contributed by atoms with van der Waals surface area (Å²) in [6, 6.07) is 3.81. The molecule has 0 saturated carbocycles. The molecule has 3 heteroatoms. The summed E-state index contributed by atoms with van der Waals surface area (Å²) in [5.74, 6) is 0.950. The Bertz CT molecular complexity index is 582. The highest BCUT2D eigenvalue weighted by Crippen LogP contribution is 2.34. The van der Waals surface area contributed by atoms with Crippen LogP contribution in [0.15, 0.2) is 12.1 Å². The summed E-state index contributed by atoms with van der Waals surface area (Å²) in [4.78, 5) is 12.1. The van der Waals surface area contributed by atoms with Crippen LogP contribution in [0, 0.1) is 12.8 Å². The van der Waals surface area contributed by atoms with Crippen LogP contribution in [0.4, 0.5) is 0 Å². The van der Waals surface area contributed by atoms with Crippen molar-refractivity contribution < 1.29 is 14.6 Å². The third-order valence-electron chi connectivity index (χ3n) is 4.96. The van der Waals surface area contributed by atoms with E-state index in [4.69, 9.17) is 4.74 Å². The SMILES string of the molecule is Cc1cc(CC(=O)OCCCCCCCCC(C)C)cc(C(C)(C)C)c1O. The second-order valence-electron chi connectivity index (χ2n) is 9.26. The molecule has 0 atom stereocenters. The summed E-state index contributed by atoms with van der Waals surface area (Å²) < 4.78 is 5.40. The monoisotopic (exact) mass is 376 g/mol. The molecule has 1 rings (SSSR count). The van der Waals surface area contributed by atoms with Crippen LogP contribution in [-0.2, 0) is 21.4 Å². The molecule has 0 aliphatic carbocycles. The topological polar surface area (TPSA) is 46.5 Å². The van der Waals surface area contributed by atoms with Gasteiger partial charge in [0, 0.05) is 0 Å². The van der Waals surface area contributed by atoms with E-state index in [0.717, 1.165) is 35.4 Å². The molecule has 0 bridgehead atoms. The number of esters is 1. The van der Waals surface area contributed by atoms with Gasteiger partial charge in [0.25, 0.3) is 0 Å². The highest BCUT2D eigenvalue weighted by molar-refractivity contribution is 5.73. The van der Waals surface area contributed by atoms with Gasteiger partial charge in [0.15, 0.2) is 0 Å². The lowest BCUT2D eigenvalue weighted by Crippen LogP contribution is -2.14. The number of rotatable bonds is 11. The smallest absolute Gasteiger partial charge is 0.310 e. The molecular weight excluding hydrogens is 336 g/mol. The maximum atomic E-state index is 12.1. The molecule has 1 N–H and O–H groups in total. The lowest BCUT2D eigenvalue weighted by molar-refractivity contribution is -0.142. The number of carbonyl (C=O) groups excluding carboxylic acids is 1. The average Bonchev–Trinajstić information content (AvgIpc) is 2.55. The number of hydrogen-bond acceptors (Lipinski definition) is 3. The molecule has 154 valence electrons. The zero-order chi connectivity index (χ0) is 20.4. The van der Waals surface area contributed by atoms with Crippen LogP contribution in [0.25, 0.3) is 0 Å². The fourth-order valence-corrected chi connectivity index (χ4v) is 3.29. The Morgan fingerprint density at radius 2 is 1.63 bits per heavy atom. The highest BCUT2D eigenvalue weighted by atomic mass is 16.5. The summed E-state index contributed by atoms with van der Waals surface area (Å²) >= 11 is 0. The van der Waals surface area contributed by atoms with E-state index in [1.807, 2.05) is 19.1 Å². The van der Waals surface area contributed by atoms with E-state index in [1.54, 1.807) is 0 Å². The zero-order valence-electron chi connectivity index (χ0n) is 18.4. The molecule has 0 aromatic heterocycles. The van der Waals surface area contributed by atoms with Crippen molar-refractivity contribution in [2.75, 3.05) is 6.61 Å². The van der Waals surface area contributed by atoms with Crippen molar-refractivity contribution in [2.24, 2.45) is 5.92 Å². The number of unbranched alkanes of at least 4 members (excludes halogenated alkanes) is 5. The Hall–Kier alpha value is -1.51. The first-order valence-electron chi connectivity index (χ1n) is 10.6. The van der Waals surface area contributed by atoms with Crippen LogP contribution in [0.2, 0.25) is 0 Å². The van der Waals surface area contributed by atoms with E-state index in [1.165, 1.54) is 32.1 Å². The van der Waals surface area contributed by atoms with Gasteiger partial charge < -0.3 is 9.84 Å². The van der Waals surface area contributed by atoms with Crippen LogP contribution in [0.1, 0.15) is 96.3 Å². The molecule has 0 aliphatic rings. The molecule has 0 fully saturated rings. The van der Waals surface area contributed by atoms with Crippen molar-refractivity contribution in [1.29, 1.82) is 0 Å². The number of benzene rings is 1. The van der Waals surface area contributed by atoms with E-state index in [2.05, 4.69) is 34.6 Å². The van der Waals surface area contributed by atoms with Crippen LogP contribution < -0.4 is 0 Å². The van der Waals surface area contributed by atoms with Crippen molar-refractivity contribution in [3.05, 3.63) is 28.8 Å².